The molecule has 0 aromatic heterocycles. The fourth-order valence-electron chi connectivity index (χ4n) is 3.04. The number of benzene rings is 1. The Bertz CT molecular complexity index is 556. The summed E-state index contributed by atoms with van der Waals surface area (Å²) in [7, 11) is 0. The zero-order chi connectivity index (χ0) is 15.6. The van der Waals surface area contributed by atoms with Crippen LogP contribution in [0, 0.1) is 28.9 Å². The lowest BCUT2D eigenvalue weighted by Crippen LogP contribution is -2.43. The predicted octanol–water partition coefficient (Wildman–Crippen LogP) is 3.46. The normalized spacial score (nSPS) is 25.4. The van der Waals surface area contributed by atoms with Crippen LogP contribution in [0.3, 0.4) is 0 Å². The van der Waals surface area contributed by atoms with Gasteiger partial charge in [0.2, 0.25) is 0 Å². The Morgan fingerprint density at radius 3 is 2.67 bits per heavy atom. The summed E-state index contributed by atoms with van der Waals surface area (Å²) in [4.78, 5) is 22.7. The Hall–Kier alpha value is -1.91. The van der Waals surface area contributed by atoms with Gasteiger partial charge >= 0.3 is 0 Å². The number of nitrogens with one attached hydrogen (secondary N) is 1. The first-order valence-corrected chi connectivity index (χ1v) is 7.46. The summed E-state index contributed by atoms with van der Waals surface area (Å²) in [5.41, 5.74) is 1.05. The van der Waals surface area contributed by atoms with Crippen molar-refractivity contribution in [2.45, 2.75) is 46.1 Å². The number of nitro groups is 1. The third-order valence-corrected chi connectivity index (χ3v) is 4.68. The summed E-state index contributed by atoms with van der Waals surface area (Å²) in [6.45, 7) is 6.05. The van der Waals surface area contributed by atoms with Crippen LogP contribution < -0.4 is 5.32 Å². The number of nitro benzene ring substituents is 1. The lowest BCUT2D eigenvalue weighted by atomic mass is 9.78. The summed E-state index contributed by atoms with van der Waals surface area (Å²) >= 11 is 0. The van der Waals surface area contributed by atoms with Crippen molar-refractivity contribution in [1.82, 2.24) is 5.32 Å². The minimum Gasteiger partial charge on any atom is -0.349 e. The summed E-state index contributed by atoms with van der Waals surface area (Å²) in [6.07, 6.45) is 3.35. The molecule has 5 nitrogen and oxygen atoms in total. The van der Waals surface area contributed by atoms with Crippen LogP contribution in [-0.2, 0) is 0 Å². The number of hydrogen-bond donors (Lipinski definition) is 1. The van der Waals surface area contributed by atoms with Gasteiger partial charge in [0.05, 0.1) is 4.92 Å². The van der Waals surface area contributed by atoms with Crippen LogP contribution in [0.2, 0.25) is 0 Å². The maximum atomic E-state index is 12.3. The van der Waals surface area contributed by atoms with Gasteiger partial charge in [0.25, 0.3) is 11.6 Å². The quantitative estimate of drug-likeness (QED) is 0.684. The molecule has 0 unspecified atom stereocenters. The minimum atomic E-state index is -0.429. The zero-order valence-electron chi connectivity index (χ0n) is 12.8. The molecule has 1 saturated carbocycles. The second-order valence-corrected chi connectivity index (χ2v) is 6.11. The third kappa shape index (κ3) is 3.40. The van der Waals surface area contributed by atoms with E-state index in [2.05, 4.69) is 19.2 Å². The summed E-state index contributed by atoms with van der Waals surface area (Å²) in [5.74, 6) is 0.934. The van der Waals surface area contributed by atoms with Gasteiger partial charge < -0.3 is 5.32 Å². The largest absolute Gasteiger partial charge is 0.349 e. The SMILES string of the molecule is Cc1cc(C(=O)N[C@@H]2CCC[C@@H](C)[C@@H]2C)ccc1[N+](=O)[O-]. The Balaban J connectivity index is 2.10. The molecule has 1 N–H and O–H groups in total. The van der Waals surface area contributed by atoms with Gasteiger partial charge in [0.15, 0.2) is 0 Å². The maximum Gasteiger partial charge on any atom is 0.272 e. The second kappa shape index (κ2) is 6.24. The van der Waals surface area contributed by atoms with Crippen LogP contribution in [0.4, 0.5) is 5.69 Å². The van der Waals surface area contributed by atoms with Gasteiger partial charge in [-0.2, -0.15) is 0 Å². The number of amides is 1. The van der Waals surface area contributed by atoms with Crippen LogP contribution in [-0.4, -0.2) is 16.9 Å². The van der Waals surface area contributed by atoms with E-state index in [4.69, 9.17) is 0 Å². The highest BCUT2D eigenvalue weighted by atomic mass is 16.6. The van der Waals surface area contributed by atoms with E-state index >= 15 is 0 Å². The van der Waals surface area contributed by atoms with Gasteiger partial charge in [-0.25, -0.2) is 0 Å². The number of nitrogens with zero attached hydrogens (tertiary/aromatic N) is 1. The third-order valence-electron chi connectivity index (χ3n) is 4.68. The summed E-state index contributed by atoms with van der Waals surface area (Å²) in [6, 6.07) is 4.70. The average molecular weight is 290 g/mol. The first kappa shape index (κ1) is 15.5. The molecule has 2 rings (SSSR count). The monoisotopic (exact) mass is 290 g/mol. The van der Waals surface area contributed by atoms with Gasteiger partial charge in [-0.1, -0.05) is 26.7 Å². The van der Waals surface area contributed by atoms with Crippen LogP contribution >= 0.6 is 0 Å². The Kier molecular flexibility index (Phi) is 4.60. The van der Waals surface area contributed by atoms with E-state index in [1.54, 1.807) is 13.0 Å². The first-order chi connectivity index (χ1) is 9.90. The molecular formula is C16H22N2O3. The number of hydrogen-bond acceptors (Lipinski definition) is 3. The van der Waals surface area contributed by atoms with E-state index in [0.29, 0.717) is 23.0 Å². The first-order valence-electron chi connectivity index (χ1n) is 7.46. The maximum absolute atomic E-state index is 12.3. The molecule has 1 fully saturated rings. The zero-order valence-corrected chi connectivity index (χ0v) is 12.8. The van der Waals surface area contributed by atoms with Gasteiger partial charge in [0.1, 0.15) is 0 Å². The van der Waals surface area contributed by atoms with Crippen molar-refractivity contribution in [3.8, 4) is 0 Å². The van der Waals surface area contributed by atoms with Crippen LogP contribution in [0.25, 0.3) is 0 Å². The van der Waals surface area contributed by atoms with Crippen molar-refractivity contribution in [3.05, 3.63) is 39.4 Å². The number of carbonyl (C=O) groups excluding carboxylic acids is 1. The molecule has 0 heterocycles. The van der Waals surface area contributed by atoms with Crippen LogP contribution in [0.1, 0.15) is 49.0 Å². The molecule has 0 aliphatic heterocycles. The van der Waals surface area contributed by atoms with Gasteiger partial charge in [-0.3, -0.25) is 14.9 Å². The Labute approximate surface area is 124 Å². The van der Waals surface area contributed by atoms with E-state index in [-0.39, 0.29) is 17.6 Å². The standard InChI is InChI=1S/C16H22N2O3/c1-10-5-4-6-14(12(10)3)17-16(19)13-7-8-15(18(20)21)11(2)9-13/h7-10,12,14H,4-6H2,1-3H3,(H,17,19)/t10-,12+,14-/m1/s1. The lowest BCUT2D eigenvalue weighted by molar-refractivity contribution is -0.385. The van der Waals surface area contributed by atoms with Crippen molar-refractivity contribution in [1.29, 1.82) is 0 Å². The average Bonchev–Trinajstić information content (AvgIpc) is 2.43. The Morgan fingerprint density at radius 1 is 1.33 bits per heavy atom. The van der Waals surface area contributed by atoms with Crippen molar-refractivity contribution in [2.24, 2.45) is 11.8 Å². The topological polar surface area (TPSA) is 72.2 Å². The van der Waals surface area contributed by atoms with Gasteiger partial charge in [-0.15, -0.1) is 0 Å². The molecular weight excluding hydrogens is 268 g/mol. The molecule has 0 spiro atoms. The molecule has 1 amide bonds. The van der Waals surface area contributed by atoms with E-state index in [1.165, 1.54) is 18.6 Å². The molecule has 0 bridgehead atoms. The molecule has 3 atom stereocenters. The van der Waals surface area contributed by atoms with E-state index < -0.39 is 4.92 Å². The fourth-order valence-corrected chi connectivity index (χ4v) is 3.04. The second-order valence-electron chi connectivity index (χ2n) is 6.11. The molecule has 5 heteroatoms. The van der Waals surface area contributed by atoms with E-state index in [1.807, 2.05) is 0 Å². The molecule has 1 aliphatic carbocycles. The van der Waals surface area contributed by atoms with Crippen LogP contribution in [0.15, 0.2) is 18.2 Å². The van der Waals surface area contributed by atoms with Crippen molar-refractivity contribution >= 4 is 11.6 Å². The Morgan fingerprint density at radius 2 is 2.05 bits per heavy atom. The molecule has 1 aliphatic rings. The summed E-state index contributed by atoms with van der Waals surface area (Å²) < 4.78 is 0. The van der Waals surface area contributed by atoms with E-state index in [0.717, 1.165) is 12.8 Å². The highest BCUT2D eigenvalue weighted by molar-refractivity contribution is 5.94. The van der Waals surface area contributed by atoms with Gasteiger partial charge in [0, 0.05) is 23.2 Å². The number of carbonyl (C=O) groups is 1. The lowest BCUT2D eigenvalue weighted by Gasteiger charge is -2.34. The molecule has 114 valence electrons. The van der Waals surface area contributed by atoms with Crippen molar-refractivity contribution in [2.75, 3.05) is 0 Å². The van der Waals surface area contributed by atoms with Crippen LogP contribution in [0.5, 0.6) is 0 Å². The predicted molar refractivity (Wildman–Crippen MR) is 81.3 cm³/mol. The fraction of sp³-hybridized carbons (Fsp3) is 0.562. The molecule has 0 radical (unpaired) electrons. The number of rotatable bonds is 3. The summed E-state index contributed by atoms with van der Waals surface area (Å²) in [5, 5.41) is 13.9. The van der Waals surface area contributed by atoms with E-state index in [9.17, 15) is 14.9 Å². The number of aryl methyl sites for hydroxylation is 1. The molecule has 0 saturated heterocycles. The smallest absolute Gasteiger partial charge is 0.272 e. The minimum absolute atomic E-state index is 0.0474. The van der Waals surface area contributed by atoms with Crippen molar-refractivity contribution in [3.63, 3.8) is 0 Å². The highest BCUT2D eigenvalue weighted by Crippen LogP contribution is 2.29. The molecule has 21 heavy (non-hydrogen) atoms. The molecule has 1 aromatic rings. The van der Waals surface area contributed by atoms with Crippen molar-refractivity contribution < 1.29 is 9.72 Å². The highest BCUT2D eigenvalue weighted by Gasteiger charge is 2.28. The van der Waals surface area contributed by atoms with Gasteiger partial charge in [-0.05, 0) is 37.3 Å². The molecule has 1 aromatic carbocycles.